The fourth-order valence-corrected chi connectivity index (χ4v) is 5.02. The number of hydrogen-bond acceptors (Lipinski definition) is 7. The number of amides is 3. The van der Waals surface area contributed by atoms with Gasteiger partial charge in [-0.05, 0) is 70.0 Å². The van der Waals surface area contributed by atoms with E-state index >= 15 is 0 Å². The van der Waals surface area contributed by atoms with Crippen LogP contribution >= 0.6 is 12.4 Å². The molecule has 214 valence electrons. The van der Waals surface area contributed by atoms with E-state index in [1.54, 1.807) is 35.9 Å². The quantitative estimate of drug-likeness (QED) is 0.488. The monoisotopic (exact) mass is 560 g/mol. The standard InChI is InChI=1S/C27H40N8O3.ClH/c1-4-21-18-33(15-16-34(21)24(36)27(2,3)29)25(37)30-23-11-14-35(26(38)31-23)22-7-5-19(6-8-22)17-32-12-9-20(28)10-13-32;/h5-8,11,14,20-21H,4,9-10,12-13,15-18,28-29H2,1-3H3,(H,30,31,37,38);1H/t21-;/m1./s1. The maximum atomic E-state index is 12.9. The van der Waals surface area contributed by atoms with Crippen molar-refractivity contribution in [2.75, 3.05) is 38.0 Å². The summed E-state index contributed by atoms with van der Waals surface area (Å²) < 4.78 is 1.45. The van der Waals surface area contributed by atoms with Crippen molar-refractivity contribution in [2.24, 2.45) is 11.5 Å². The van der Waals surface area contributed by atoms with Crippen LogP contribution in [0.2, 0.25) is 0 Å². The van der Waals surface area contributed by atoms with Crippen LogP contribution in [0, 0.1) is 0 Å². The molecule has 0 aliphatic carbocycles. The van der Waals surface area contributed by atoms with Gasteiger partial charge in [0.15, 0.2) is 0 Å². The highest BCUT2D eigenvalue weighted by Crippen LogP contribution is 2.18. The average Bonchev–Trinajstić information content (AvgIpc) is 2.89. The molecule has 3 heterocycles. The predicted octanol–water partition coefficient (Wildman–Crippen LogP) is 1.77. The van der Waals surface area contributed by atoms with Crippen LogP contribution in [0.3, 0.4) is 0 Å². The maximum absolute atomic E-state index is 12.9. The van der Waals surface area contributed by atoms with Gasteiger partial charge in [0, 0.05) is 44.5 Å². The predicted molar refractivity (Wildman–Crippen MR) is 154 cm³/mol. The summed E-state index contributed by atoms with van der Waals surface area (Å²) in [5, 5.41) is 2.73. The minimum absolute atomic E-state index is 0. The molecule has 5 N–H and O–H groups in total. The lowest BCUT2D eigenvalue weighted by Crippen LogP contribution is -2.62. The second kappa shape index (κ2) is 12.9. The van der Waals surface area contributed by atoms with Crippen molar-refractivity contribution < 1.29 is 9.59 Å². The molecule has 39 heavy (non-hydrogen) atoms. The van der Waals surface area contributed by atoms with Gasteiger partial charge in [0.05, 0.1) is 11.2 Å². The Balaban J connectivity index is 0.00000420. The maximum Gasteiger partial charge on any atom is 0.354 e. The topological polar surface area (TPSA) is 143 Å². The van der Waals surface area contributed by atoms with E-state index in [9.17, 15) is 14.4 Å². The number of carbonyl (C=O) groups excluding carboxylic acids is 2. The Hall–Kier alpha value is -2.99. The summed E-state index contributed by atoms with van der Waals surface area (Å²) in [6.07, 6.45) is 4.35. The molecule has 2 aromatic rings. The number of aromatic nitrogens is 2. The smallest absolute Gasteiger partial charge is 0.335 e. The highest BCUT2D eigenvalue weighted by Gasteiger charge is 2.36. The molecule has 0 saturated carbocycles. The van der Waals surface area contributed by atoms with E-state index < -0.39 is 11.2 Å². The van der Waals surface area contributed by atoms with Gasteiger partial charge in [-0.3, -0.25) is 19.6 Å². The molecule has 2 fully saturated rings. The summed E-state index contributed by atoms with van der Waals surface area (Å²) in [5.41, 5.74) is 12.4. The van der Waals surface area contributed by atoms with Crippen LogP contribution in [0.25, 0.3) is 5.69 Å². The van der Waals surface area contributed by atoms with E-state index in [0.717, 1.165) is 32.5 Å². The summed E-state index contributed by atoms with van der Waals surface area (Å²) in [6, 6.07) is 9.29. The van der Waals surface area contributed by atoms with E-state index in [2.05, 4.69) is 15.2 Å². The van der Waals surface area contributed by atoms with Gasteiger partial charge in [-0.2, -0.15) is 4.98 Å². The molecule has 0 spiro atoms. The number of carbonyl (C=O) groups is 2. The molecule has 1 aromatic heterocycles. The van der Waals surface area contributed by atoms with Gasteiger partial charge in [0.2, 0.25) is 5.91 Å². The third-order valence-electron chi connectivity index (χ3n) is 7.34. The lowest BCUT2D eigenvalue weighted by molar-refractivity contribution is -0.140. The molecule has 2 saturated heterocycles. The second-order valence-corrected chi connectivity index (χ2v) is 10.9. The Morgan fingerprint density at radius 1 is 1.08 bits per heavy atom. The molecule has 2 aliphatic rings. The molecule has 4 rings (SSSR count). The number of nitrogens with two attached hydrogens (primary N) is 2. The molecule has 0 bridgehead atoms. The van der Waals surface area contributed by atoms with Crippen molar-refractivity contribution in [1.82, 2.24) is 24.3 Å². The number of rotatable bonds is 6. The molecule has 1 aromatic carbocycles. The number of anilines is 1. The zero-order valence-corrected chi connectivity index (χ0v) is 23.8. The second-order valence-electron chi connectivity index (χ2n) is 10.9. The number of hydrogen-bond donors (Lipinski definition) is 3. The third-order valence-corrected chi connectivity index (χ3v) is 7.34. The van der Waals surface area contributed by atoms with Crippen molar-refractivity contribution in [1.29, 1.82) is 0 Å². The molecule has 11 nitrogen and oxygen atoms in total. The molecule has 12 heteroatoms. The van der Waals surface area contributed by atoms with Crippen LogP contribution < -0.4 is 22.5 Å². The number of nitrogens with one attached hydrogen (secondary N) is 1. The first kappa shape index (κ1) is 30.6. The fraction of sp³-hybridized carbons (Fsp3) is 0.556. The molecule has 3 amide bonds. The zero-order valence-electron chi connectivity index (χ0n) is 23.0. The van der Waals surface area contributed by atoms with Gasteiger partial charge in [0.1, 0.15) is 5.82 Å². The fourth-order valence-electron chi connectivity index (χ4n) is 5.02. The van der Waals surface area contributed by atoms with Crippen LogP contribution in [0.1, 0.15) is 45.6 Å². The van der Waals surface area contributed by atoms with Crippen LogP contribution in [0.15, 0.2) is 41.3 Å². The number of halogens is 1. The molecular formula is C27H41ClN8O3. The van der Waals surface area contributed by atoms with E-state index in [4.69, 9.17) is 11.5 Å². The summed E-state index contributed by atoms with van der Waals surface area (Å²) in [4.78, 5) is 48.2. The average molecular weight is 561 g/mol. The summed E-state index contributed by atoms with van der Waals surface area (Å²) in [5.74, 6) is 0.0600. The summed E-state index contributed by atoms with van der Waals surface area (Å²) >= 11 is 0. The summed E-state index contributed by atoms with van der Waals surface area (Å²) in [6.45, 7) is 9.38. The minimum atomic E-state index is -0.964. The van der Waals surface area contributed by atoms with E-state index in [1.807, 2.05) is 31.2 Å². The molecule has 0 unspecified atom stereocenters. The molecule has 1 atom stereocenters. The van der Waals surface area contributed by atoms with Gasteiger partial charge in [0.25, 0.3) is 0 Å². The zero-order chi connectivity index (χ0) is 27.4. The number of nitrogens with zero attached hydrogens (tertiary/aromatic N) is 5. The first-order valence-corrected chi connectivity index (χ1v) is 13.4. The van der Waals surface area contributed by atoms with Crippen molar-refractivity contribution in [2.45, 2.75) is 64.2 Å². The Morgan fingerprint density at radius 2 is 1.74 bits per heavy atom. The largest absolute Gasteiger partial charge is 0.354 e. The minimum Gasteiger partial charge on any atom is -0.335 e. The molecule has 2 aliphatic heterocycles. The number of urea groups is 1. The van der Waals surface area contributed by atoms with Crippen LogP contribution in [-0.2, 0) is 11.3 Å². The van der Waals surface area contributed by atoms with Gasteiger partial charge < -0.3 is 21.3 Å². The lowest BCUT2D eigenvalue weighted by atomic mass is 10.0. The van der Waals surface area contributed by atoms with E-state index in [1.165, 1.54) is 10.1 Å². The van der Waals surface area contributed by atoms with Crippen molar-refractivity contribution >= 4 is 30.2 Å². The molecule has 0 radical (unpaired) electrons. The van der Waals surface area contributed by atoms with Gasteiger partial charge in [-0.15, -0.1) is 12.4 Å². The summed E-state index contributed by atoms with van der Waals surface area (Å²) in [7, 11) is 0. The first-order chi connectivity index (χ1) is 18.0. The Kier molecular flexibility index (Phi) is 10.1. The van der Waals surface area contributed by atoms with E-state index in [-0.39, 0.29) is 36.2 Å². The number of benzene rings is 1. The highest BCUT2D eigenvalue weighted by atomic mass is 35.5. The Morgan fingerprint density at radius 3 is 2.33 bits per heavy atom. The van der Waals surface area contributed by atoms with Crippen molar-refractivity contribution in [3.8, 4) is 5.69 Å². The Labute approximate surface area is 235 Å². The van der Waals surface area contributed by atoms with Gasteiger partial charge in [-0.25, -0.2) is 9.59 Å². The van der Waals surface area contributed by atoms with E-state index in [0.29, 0.717) is 37.8 Å². The van der Waals surface area contributed by atoms with Crippen LogP contribution in [-0.4, -0.2) is 86.5 Å². The van der Waals surface area contributed by atoms with Gasteiger partial charge in [-0.1, -0.05) is 19.1 Å². The number of likely N-dealkylation sites (tertiary alicyclic amines) is 1. The lowest BCUT2D eigenvalue weighted by Gasteiger charge is -2.43. The number of piperazine rings is 1. The molecular weight excluding hydrogens is 520 g/mol. The van der Waals surface area contributed by atoms with Gasteiger partial charge >= 0.3 is 11.7 Å². The normalized spacial score (nSPS) is 18.9. The SMILES string of the molecule is CC[C@@H]1CN(C(=O)Nc2ccn(-c3ccc(CN4CCC(N)CC4)cc3)c(=O)n2)CCN1C(=O)C(C)(C)N.Cl. The van der Waals surface area contributed by atoms with Crippen LogP contribution in [0.4, 0.5) is 10.6 Å². The van der Waals surface area contributed by atoms with Crippen LogP contribution in [0.5, 0.6) is 0 Å². The Bertz CT molecular complexity index is 1190. The number of piperidine rings is 1. The van der Waals surface area contributed by atoms with Crippen molar-refractivity contribution in [3.05, 3.63) is 52.6 Å². The first-order valence-electron chi connectivity index (χ1n) is 13.4. The third kappa shape index (κ3) is 7.57. The highest BCUT2D eigenvalue weighted by molar-refractivity contribution is 5.89. The van der Waals surface area contributed by atoms with Crippen molar-refractivity contribution in [3.63, 3.8) is 0 Å².